The van der Waals surface area contributed by atoms with Crippen LogP contribution in [0.4, 0.5) is 0 Å². The van der Waals surface area contributed by atoms with Crippen LogP contribution < -0.4 is 5.32 Å². The van der Waals surface area contributed by atoms with Crippen LogP contribution in [0, 0.1) is 0 Å². The molecule has 4 nitrogen and oxygen atoms in total. The van der Waals surface area contributed by atoms with E-state index in [1.165, 1.54) is 0 Å². The molecule has 1 atom stereocenters. The third kappa shape index (κ3) is 4.39. The molecule has 1 saturated heterocycles. The standard InChI is InChI=1S/C11H24N2O2S/c1-3-5-11(10-12-4-2)13-6-8-16(14,15)9-7-13/h11-12H,3-10H2,1-2H3. The number of nitrogens with zero attached hydrogens (tertiary/aromatic N) is 1. The molecule has 1 N–H and O–H groups in total. The molecule has 0 radical (unpaired) electrons. The van der Waals surface area contributed by atoms with Crippen molar-refractivity contribution in [2.45, 2.75) is 32.7 Å². The van der Waals surface area contributed by atoms with Crippen LogP contribution in [0.3, 0.4) is 0 Å². The first-order valence-corrected chi connectivity index (χ1v) is 8.06. The average molecular weight is 248 g/mol. The van der Waals surface area contributed by atoms with Crippen molar-refractivity contribution in [1.82, 2.24) is 10.2 Å². The van der Waals surface area contributed by atoms with Gasteiger partial charge in [0, 0.05) is 25.7 Å². The van der Waals surface area contributed by atoms with E-state index in [0.29, 0.717) is 30.6 Å². The maximum atomic E-state index is 11.3. The second kappa shape index (κ2) is 6.57. The van der Waals surface area contributed by atoms with E-state index in [4.69, 9.17) is 0 Å². The first kappa shape index (κ1) is 13.9. The van der Waals surface area contributed by atoms with Gasteiger partial charge in [-0.1, -0.05) is 20.3 Å². The Morgan fingerprint density at radius 3 is 2.38 bits per heavy atom. The van der Waals surface area contributed by atoms with Gasteiger partial charge in [-0.15, -0.1) is 0 Å². The molecule has 0 aromatic carbocycles. The summed E-state index contributed by atoms with van der Waals surface area (Å²) in [5, 5.41) is 3.36. The summed E-state index contributed by atoms with van der Waals surface area (Å²) in [6, 6.07) is 0.500. The van der Waals surface area contributed by atoms with Gasteiger partial charge in [0.05, 0.1) is 11.5 Å². The molecule has 0 aromatic rings. The van der Waals surface area contributed by atoms with Gasteiger partial charge in [-0.3, -0.25) is 4.90 Å². The molecular weight excluding hydrogens is 224 g/mol. The van der Waals surface area contributed by atoms with Crippen molar-refractivity contribution in [2.24, 2.45) is 0 Å². The summed E-state index contributed by atoms with van der Waals surface area (Å²) in [5.74, 6) is 0.665. The van der Waals surface area contributed by atoms with E-state index in [1.807, 2.05) is 0 Å². The zero-order chi connectivity index (χ0) is 12.0. The SMILES string of the molecule is CCCC(CNCC)N1CCS(=O)(=O)CC1. The molecule has 0 aromatic heterocycles. The molecule has 0 saturated carbocycles. The van der Waals surface area contributed by atoms with Crippen LogP contribution in [0.5, 0.6) is 0 Å². The maximum absolute atomic E-state index is 11.3. The zero-order valence-electron chi connectivity index (χ0n) is 10.4. The second-order valence-corrected chi connectivity index (χ2v) is 6.74. The highest BCUT2D eigenvalue weighted by Gasteiger charge is 2.26. The van der Waals surface area contributed by atoms with Crippen LogP contribution in [0.25, 0.3) is 0 Å². The summed E-state index contributed by atoms with van der Waals surface area (Å²) in [6.45, 7) is 7.65. The predicted molar refractivity (Wildman–Crippen MR) is 67.5 cm³/mol. The average Bonchev–Trinajstić information content (AvgIpc) is 2.25. The van der Waals surface area contributed by atoms with Gasteiger partial charge in [0.25, 0.3) is 0 Å². The van der Waals surface area contributed by atoms with Crippen molar-refractivity contribution in [2.75, 3.05) is 37.7 Å². The van der Waals surface area contributed by atoms with Crippen LogP contribution in [0.1, 0.15) is 26.7 Å². The summed E-state index contributed by atoms with van der Waals surface area (Å²) >= 11 is 0. The summed E-state index contributed by atoms with van der Waals surface area (Å²) in [7, 11) is -2.75. The van der Waals surface area contributed by atoms with Crippen molar-refractivity contribution < 1.29 is 8.42 Å². The van der Waals surface area contributed by atoms with Gasteiger partial charge in [0.15, 0.2) is 9.84 Å². The van der Waals surface area contributed by atoms with Crippen LogP contribution in [-0.2, 0) is 9.84 Å². The summed E-state index contributed by atoms with van der Waals surface area (Å²) in [5.41, 5.74) is 0. The summed E-state index contributed by atoms with van der Waals surface area (Å²) in [4.78, 5) is 2.33. The highest BCUT2D eigenvalue weighted by Crippen LogP contribution is 2.11. The lowest BCUT2D eigenvalue weighted by Crippen LogP contribution is -2.49. The number of nitrogens with one attached hydrogen (secondary N) is 1. The molecule has 96 valence electrons. The van der Waals surface area contributed by atoms with Gasteiger partial charge in [-0.05, 0) is 13.0 Å². The fraction of sp³-hybridized carbons (Fsp3) is 1.00. The molecule has 1 unspecified atom stereocenters. The van der Waals surface area contributed by atoms with Gasteiger partial charge in [-0.25, -0.2) is 8.42 Å². The molecule has 0 amide bonds. The Morgan fingerprint density at radius 2 is 1.88 bits per heavy atom. The van der Waals surface area contributed by atoms with Crippen LogP contribution in [0.2, 0.25) is 0 Å². The highest BCUT2D eigenvalue weighted by atomic mass is 32.2. The minimum absolute atomic E-state index is 0.333. The Labute approximate surface area is 99.3 Å². The van der Waals surface area contributed by atoms with E-state index in [1.54, 1.807) is 0 Å². The van der Waals surface area contributed by atoms with E-state index < -0.39 is 9.84 Å². The monoisotopic (exact) mass is 248 g/mol. The third-order valence-corrected chi connectivity index (χ3v) is 4.76. The molecule has 1 heterocycles. The van der Waals surface area contributed by atoms with Crippen LogP contribution in [0.15, 0.2) is 0 Å². The first-order chi connectivity index (χ1) is 7.59. The molecule has 0 spiro atoms. The predicted octanol–water partition coefficient (Wildman–Crippen LogP) is 0.495. The molecule has 1 rings (SSSR count). The number of sulfone groups is 1. The van der Waals surface area contributed by atoms with E-state index >= 15 is 0 Å². The molecular formula is C11H24N2O2S. The van der Waals surface area contributed by atoms with E-state index in [9.17, 15) is 8.42 Å². The maximum Gasteiger partial charge on any atom is 0.152 e. The molecule has 1 aliphatic heterocycles. The van der Waals surface area contributed by atoms with Gasteiger partial charge in [-0.2, -0.15) is 0 Å². The van der Waals surface area contributed by atoms with Crippen LogP contribution in [-0.4, -0.2) is 57.0 Å². The van der Waals surface area contributed by atoms with Crippen molar-refractivity contribution in [1.29, 1.82) is 0 Å². The molecule has 0 bridgehead atoms. The third-order valence-electron chi connectivity index (χ3n) is 3.15. The van der Waals surface area contributed by atoms with E-state index in [-0.39, 0.29) is 0 Å². The van der Waals surface area contributed by atoms with Gasteiger partial charge in [0.1, 0.15) is 0 Å². The Kier molecular flexibility index (Phi) is 5.72. The van der Waals surface area contributed by atoms with Crippen molar-refractivity contribution in [3.63, 3.8) is 0 Å². The number of hydrogen-bond donors (Lipinski definition) is 1. The van der Waals surface area contributed by atoms with Crippen molar-refractivity contribution in [3.05, 3.63) is 0 Å². The zero-order valence-corrected chi connectivity index (χ0v) is 11.2. The lowest BCUT2D eigenvalue weighted by atomic mass is 10.1. The summed E-state index contributed by atoms with van der Waals surface area (Å²) < 4.78 is 22.7. The highest BCUT2D eigenvalue weighted by molar-refractivity contribution is 7.91. The van der Waals surface area contributed by atoms with Gasteiger partial charge < -0.3 is 5.32 Å². The van der Waals surface area contributed by atoms with Gasteiger partial charge in [0.2, 0.25) is 0 Å². The molecule has 1 fully saturated rings. The van der Waals surface area contributed by atoms with Crippen molar-refractivity contribution >= 4 is 9.84 Å². The van der Waals surface area contributed by atoms with E-state index in [0.717, 1.165) is 25.9 Å². The lowest BCUT2D eigenvalue weighted by molar-refractivity contribution is 0.196. The molecule has 5 heteroatoms. The molecule has 16 heavy (non-hydrogen) atoms. The quantitative estimate of drug-likeness (QED) is 0.743. The van der Waals surface area contributed by atoms with E-state index in [2.05, 4.69) is 24.1 Å². The summed E-state index contributed by atoms with van der Waals surface area (Å²) in [6.07, 6.45) is 2.30. The van der Waals surface area contributed by atoms with Gasteiger partial charge >= 0.3 is 0 Å². The lowest BCUT2D eigenvalue weighted by Gasteiger charge is -2.34. The number of likely N-dealkylation sites (N-methyl/N-ethyl adjacent to an activating group) is 1. The van der Waals surface area contributed by atoms with Crippen LogP contribution >= 0.6 is 0 Å². The number of hydrogen-bond acceptors (Lipinski definition) is 4. The Hall–Kier alpha value is -0.130. The topological polar surface area (TPSA) is 49.4 Å². The molecule has 1 aliphatic rings. The second-order valence-electron chi connectivity index (χ2n) is 4.44. The fourth-order valence-electron chi connectivity index (χ4n) is 2.15. The Bertz CT molecular complexity index is 276. The largest absolute Gasteiger partial charge is 0.315 e. The Balaban J connectivity index is 2.46. The van der Waals surface area contributed by atoms with Crippen molar-refractivity contribution in [3.8, 4) is 0 Å². The Morgan fingerprint density at radius 1 is 1.25 bits per heavy atom. The number of rotatable bonds is 6. The minimum atomic E-state index is -2.75. The minimum Gasteiger partial charge on any atom is -0.315 e. The first-order valence-electron chi connectivity index (χ1n) is 6.24. The smallest absolute Gasteiger partial charge is 0.152 e. The molecule has 0 aliphatic carbocycles. The normalized spacial score (nSPS) is 23.1. The fourth-order valence-corrected chi connectivity index (χ4v) is 3.38.